The van der Waals surface area contributed by atoms with Gasteiger partial charge in [0.1, 0.15) is 11.9 Å². The van der Waals surface area contributed by atoms with E-state index in [9.17, 15) is 9.18 Å². The Morgan fingerprint density at radius 2 is 2.14 bits per heavy atom. The number of nitrogens with one attached hydrogen (secondary N) is 1. The van der Waals surface area contributed by atoms with Gasteiger partial charge in [-0.3, -0.25) is 4.90 Å². The van der Waals surface area contributed by atoms with Gasteiger partial charge in [0, 0.05) is 25.2 Å². The molecule has 1 aromatic carbocycles. The van der Waals surface area contributed by atoms with Crippen LogP contribution in [0.15, 0.2) is 18.2 Å². The van der Waals surface area contributed by atoms with Gasteiger partial charge in [0.25, 0.3) is 0 Å². The van der Waals surface area contributed by atoms with Gasteiger partial charge in [0.2, 0.25) is 0 Å². The minimum atomic E-state index is -0.493. The molecule has 22 heavy (non-hydrogen) atoms. The first kappa shape index (κ1) is 16.2. The third kappa shape index (κ3) is 3.37. The molecule has 1 heterocycles. The lowest BCUT2D eigenvalue weighted by Gasteiger charge is -2.43. The number of likely N-dealkylation sites (N-methyl/N-ethyl adjacent to an activating group) is 1. The van der Waals surface area contributed by atoms with Gasteiger partial charge < -0.3 is 10.2 Å². The Morgan fingerprint density at radius 3 is 2.77 bits per heavy atom. The van der Waals surface area contributed by atoms with Gasteiger partial charge >= 0.3 is 6.03 Å². The van der Waals surface area contributed by atoms with Gasteiger partial charge in [-0.15, -0.1) is 0 Å². The molecule has 6 heteroatoms. The number of amides is 2. The van der Waals surface area contributed by atoms with Crippen molar-refractivity contribution in [3.8, 4) is 6.07 Å². The summed E-state index contributed by atoms with van der Waals surface area (Å²) >= 11 is 0. The fourth-order valence-corrected chi connectivity index (χ4v) is 2.83. The Kier molecular flexibility index (Phi) is 4.99. The molecule has 5 nitrogen and oxygen atoms in total. The highest BCUT2D eigenvalue weighted by Crippen LogP contribution is 2.19. The molecule has 1 aliphatic rings. The van der Waals surface area contributed by atoms with Crippen molar-refractivity contribution in [3.63, 3.8) is 0 Å². The van der Waals surface area contributed by atoms with E-state index in [4.69, 9.17) is 5.26 Å². The van der Waals surface area contributed by atoms with Crippen LogP contribution in [0, 0.1) is 17.1 Å². The molecule has 0 radical (unpaired) electrons. The highest BCUT2D eigenvalue weighted by atomic mass is 19.1. The highest BCUT2D eigenvalue weighted by molar-refractivity contribution is 5.91. The van der Waals surface area contributed by atoms with E-state index in [2.05, 4.69) is 24.1 Å². The van der Waals surface area contributed by atoms with Crippen LogP contribution in [0.5, 0.6) is 0 Å². The van der Waals surface area contributed by atoms with Crippen molar-refractivity contribution in [2.24, 2.45) is 0 Å². The zero-order valence-corrected chi connectivity index (χ0v) is 13.1. The van der Waals surface area contributed by atoms with Crippen LogP contribution >= 0.6 is 0 Å². The summed E-state index contributed by atoms with van der Waals surface area (Å²) in [5, 5.41) is 11.8. The lowest BCUT2D eigenvalue weighted by Crippen LogP contribution is -2.58. The Morgan fingerprint density at radius 1 is 1.41 bits per heavy atom. The summed E-state index contributed by atoms with van der Waals surface area (Å²) in [7, 11) is 0. The second kappa shape index (κ2) is 6.75. The molecule has 118 valence electrons. The van der Waals surface area contributed by atoms with E-state index in [0.29, 0.717) is 12.2 Å². The topological polar surface area (TPSA) is 59.4 Å². The fourth-order valence-electron chi connectivity index (χ4n) is 2.83. The summed E-state index contributed by atoms with van der Waals surface area (Å²) in [6.07, 6.45) is 0. The van der Waals surface area contributed by atoms with E-state index in [1.165, 1.54) is 12.1 Å². The van der Waals surface area contributed by atoms with E-state index in [1.807, 2.05) is 13.0 Å². The summed E-state index contributed by atoms with van der Waals surface area (Å²) in [4.78, 5) is 16.6. The molecule has 0 saturated carbocycles. The number of nitriles is 1. The maximum atomic E-state index is 13.1. The number of urea groups is 1. The van der Waals surface area contributed by atoms with Crippen LogP contribution in [-0.2, 0) is 0 Å². The molecule has 1 aromatic rings. The largest absolute Gasteiger partial charge is 0.322 e. The summed E-state index contributed by atoms with van der Waals surface area (Å²) in [6, 6.07) is 5.79. The molecular formula is C16H21FN4O. The summed E-state index contributed by atoms with van der Waals surface area (Å²) in [6.45, 7) is 8.61. The van der Waals surface area contributed by atoms with Crippen LogP contribution in [0.2, 0.25) is 0 Å². The molecule has 2 amide bonds. The zero-order valence-electron chi connectivity index (χ0n) is 13.1. The average molecular weight is 304 g/mol. The summed E-state index contributed by atoms with van der Waals surface area (Å²) in [5.41, 5.74) is 0.466. The van der Waals surface area contributed by atoms with Crippen molar-refractivity contribution in [2.45, 2.75) is 32.9 Å². The summed E-state index contributed by atoms with van der Waals surface area (Å²) < 4.78 is 13.1. The number of carbonyl (C=O) groups is 1. The fraction of sp³-hybridized carbons (Fsp3) is 0.500. The number of halogens is 1. The Balaban J connectivity index is 2.11. The molecule has 2 rings (SSSR count). The van der Waals surface area contributed by atoms with Gasteiger partial charge in [0.15, 0.2) is 0 Å². The van der Waals surface area contributed by atoms with Crippen LogP contribution in [0.3, 0.4) is 0 Å². The number of carbonyl (C=O) groups excluding carboxylic acids is 1. The maximum Gasteiger partial charge on any atom is 0.322 e. The quantitative estimate of drug-likeness (QED) is 0.913. The summed E-state index contributed by atoms with van der Waals surface area (Å²) in [5.74, 6) is -0.493. The number of rotatable bonds is 2. The Bertz CT molecular complexity index is 598. The molecular weight excluding hydrogens is 283 g/mol. The molecule has 0 spiro atoms. The third-order valence-corrected chi connectivity index (χ3v) is 4.13. The van der Waals surface area contributed by atoms with Crippen LogP contribution in [-0.4, -0.2) is 47.5 Å². The monoisotopic (exact) mass is 304 g/mol. The maximum absolute atomic E-state index is 13.1. The van der Waals surface area contributed by atoms with Crippen molar-refractivity contribution in [1.29, 1.82) is 5.26 Å². The van der Waals surface area contributed by atoms with Gasteiger partial charge in [0.05, 0.1) is 11.3 Å². The second-order valence-corrected chi connectivity index (χ2v) is 5.67. The number of anilines is 1. The highest BCUT2D eigenvalue weighted by Gasteiger charge is 2.31. The van der Waals surface area contributed by atoms with Crippen molar-refractivity contribution in [3.05, 3.63) is 29.6 Å². The smallest absolute Gasteiger partial charge is 0.319 e. The van der Waals surface area contributed by atoms with Crippen molar-refractivity contribution in [2.75, 3.05) is 25.0 Å². The minimum absolute atomic E-state index is 0.0853. The first-order valence-electron chi connectivity index (χ1n) is 7.47. The van der Waals surface area contributed by atoms with Crippen LogP contribution < -0.4 is 5.32 Å². The molecule has 1 aliphatic heterocycles. The molecule has 1 fully saturated rings. The second-order valence-electron chi connectivity index (χ2n) is 5.67. The standard InChI is InChI=1S/C16H21FN4O/c1-4-20-9-12(3)21(10-11(20)2)16(22)19-15-6-5-14(17)7-13(15)8-18/h5-7,11-12H,4,9-10H2,1-3H3,(H,19,22)/t11-,12-/m1/s1. The first-order chi connectivity index (χ1) is 10.5. The Hall–Kier alpha value is -2.13. The molecule has 2 atom stereocenters. The molecule has 0 aliphatic carbocycles. The van der Waals surface area contributed by atoms with Crippen LogP contribution in [0.25, 0.3) is 0 Å². The van der Waals surface area contributed by atoms with Crippen LogP contribution in [0.4, 0.5) is 14.9 Å². The van der Waals surface area contributed by atoms with Gasteiger partial charge in [-0.1, -0.05) is 6.92 Å². The van der Waals surface area contributed by atoms with Gasteiger partial charge in [-0.25, -0.2) is 9.18 Å². The molecule has 1 saturated heterocycles. The number of benzene rings is 1. The Labute approximate surface area is 130 Å². The number of nitrogens with zero attached hydrogens (tertiary/aromatic N) is 3. The van der Waals surface area contributed by atoms with E-state index in [0.717, 1.165) is 19.2 Å². The zero-order chi connectivity index (χ0) is 16.3. The molecule has 1 N–H and O–H groups in total. The SMILES string of the molecule is CCN1C[C@@H](C)N(C(=O)Nc2ccc(F)cc2C#N)C[C@H]1C. The van der Waals surface area contributed by atoms with Gasteiger partial charge in [-0.05, 0) is 38.6 Å². The number of hydrogen-bond donors (Lipinski definition) is 1. The molecule has 0 bridgehead atoms. The lowest BCUT2D eigenvalue weighted by atomic mass is 10.1. The first-order valence-corrected chi connectivity index (χ1v) is 7.47. The van der Waals surface area contributed by atoms with Crippen molar-refractivity contribution < 1.29 is 9.18 Å². The predicted octanol–water partition coefficient (Wildman–Crippen LogP) is 2.64. The molecule has 0 unspecified atom stereocenters. The van der Waals surface area contributed by atoms with E-state index < -0.39 is 5.82 Å². The van der Waals surface area contributed by atoms with Crippen molar-refractivity contribution in [1.82, 2.24) is 9.80 Å². The van der Waals surface area contributed by atoms with Crippen molar-refractivity contribution >= 4 is 11.7 Å². The molecule has 0 aromatic heterocycles. The minimum Gasteiger partial charge on any atom is -0.319 e. The lowest BCUT2D eigenvalue weighted by molar-refractivity contribution is 0.0720. The van der Waals surface area contributed by atoms with E-state index in [1.54, 1.807) is 4.90 Å². The van der Waals surface area contributed by atoms with Gasteiger partial charge in [-0.2, -0.15) is 5.26 Å². The normalized spacial score (nSPS) is 22.2. The average Bonchev–Trinajstić information content (AvgIpc) is 2.50. The number of piperazine rings is 1. The van der Waals surface area contributed by atoms with E-state index in [-0.39, 0.29) is 23.7 Å². The third-order valence-electron chi connectivity index (χ3n) is 4.13. The predicted molar refractivity (Wildman–Crippen MR) is 83.0 cm³/mol. The van der Waals surface area contributed by atoms with Crippen LogP contribution in [0.1, 0.15) is 26.3 Å². The number of hydrogen-bond acceptors (Lipinski definition) is 3. The van der Waals surface area contributed by atoms with E-state index >= 15 is 0 Å².